The third-order valence-corrected chi connectivity index (χ3v) is 6.00. The number of halogens is 2. The Bertz CT molecular complexity index is 604. The molecule has 0 aliphatic carbocycles. The number of benzene rings is 1. The highest BCUT2D eigenvalue weighted by Crippen LogP contribution is 2.28. The summed E-state index contributed by atoms with van der Waals surface area (Å²) < 4.78 is 12.2. The van der Waals surface area contributed by atoms with Crippen molar-refractivity contribution < 1.29 is 9.00 Å². The minimum Gasteiger partial charge on any atom is -0.293 e. The van der Waals surface area contributed by atoms with Gasteiger partial charge in [0.1, 0.15) is 0 Å². The number of carbonyl (C=O) groups is 1. The highest BCUT2D eigenvalue weighted by Gasteiger charge is 2.14. The first-order chi connectivity index (χ1) is 9.59. The van der Waals surface area contributed by atoms with Crippen LogP contribution in [0.25, 0.3) is 0 Å². The molecule has 0 fully saturated rings. The van der Waals surface area contributed by atoms with Gasteiger partial charge in [-0.15, -0.1) is 11.3 Å². The molecule has 0 radical (unpaired) electrons. The van der Waals surface area contributed by atoms with Gasteiger partial charge in [-0.05, 0) is 30.0 Å². The Morgan fingerprint density at radius 3 is 2.45 bits per heavy atom. The average Bonchev–Trinajstić information content (AvgIpc) is 2.92. The molecular formula is C14H12Cl2O2S2. The molecule has 106 valence electrons. The Kier molecular flexibility index (Phi) is 5.78. The molecule has 1 aromatic carbocycles. The second-order valence-electron chi connectivity index (χ2n) is 4.10. The quantitative estimate of drug-likeness (QED) is 0.702. The van der Waals surface area contributed by atoms with Gasteiger partial charge in [-0.25, -0.2) is 0 Å². The zero-order valence-corrected chi connectivity index (χ0v) is 13.6. The molecule has 0 saturated heterocycles. The van der Waals surface area contributed by atoms with Crippen molar-refractivity contribution in [1.82, 2.24) is 0 Å². The summed E-state index contributed by atoms with van der Waals surface area (Å²) in [5.41, 5.74) is 0. The Balaban J connectivity index is 1.91. The Morgan fingerprint density at radius 1 is 1.15 bits per heavy atom. The number of rotatable bonds is 6. The van der Waals surface area contributed by atoms with Gasteiger partial charge >= 0.3 is 0 Å². The molecule has 2 rings (SSSR count). The normalized spacial score (nSPS) is 12.3. The van der Waals surface area contributed by atoms with Crippen LogP contribution in [-0.4, -0.2) is 15.7 Å². The molecule has 0 amide bonds. The van der Waals surface area contributed by atoms with Crippen LogP contribution in [0.1, 0.15) is 22.5 Å². The molecule has 6 heteroatoms. The highest BCUT2D eigenvalue weighted by molar-refractivity contribution is 7.85. The summed E-state index contributed by atoms with van der Waals surface area (Å²) in [6.07, 6.45) is 0.930. The van der Waals surface area contributed by atoms with Gasteiger partial charge in [0.15, 0.2) is 5.78 Å². The van der Waals surface area contributed by atoms with E-state index in [1.165, 1.54) is 11.3 Å². The van der Waals surface area contributed by atoms with E-state index in [1.807, 2.05) is 11.4 Å². The van der Waals surface area contributed by atoms with E-state index in [-0.39, 0.29) is 5.78 Å². The summed E-state index contributed by atoms with van der Waals surface area (Å²) in [6, 6.07) is 8.69. The van der Waals surface area contributed by atoms with Crippen LogP contribution in [0.2, 0.25) is 10.0 Å². The maximum Gasteiger partial charge on any atom is 0.172 e. The zero-order chi connectivity index (χ0) is 14.5. The number of hydrogen-bond acceptors (Lipinski definition) is 3. The number of thiophene rings is 1. The van der Waals surface area contributed by atoms with Gasteiger partial charge in [-0.2, -0.15) is 0 Å². The summed E-state index contributed by atoms with van der Waals surface area (Å²) in [5.74, 6) is 0.461. The summed E-state index contributed by atoms with van der Waals surface area (Å²) in [6.45, 7) is 0. The van der Waals surface area contributed by atoms with E-state index in [1.54, 1.807) is 24.3 Å². The molecule has 1 aromatic heterocycles. The fourth-order valence-electron chi connectivity index (χ4n) is 1.73. The van der Waals surface area contributed by atoms with E-state index in [0.717, 1.165) is 4.88 Å². The standard InChI is InChI=1S/C14H12Cl2O2S2/c15-10-4-1-5-11(16)14(10)20(18)9-3-6-12(17)13-7-2-8-19-13/h1-2,4-5,7-8H,3,6,9H2. The minimum atomic E-state index is -1.28. The second kappa shape index (κ2) is 7.36. The molecule has 1 atom stereocenters. The van der Waals surface area contributed by atoms with Crippen molar-refractivity contribution in [3.63, 3.8) is 0 Å². The lowest BCUT2D eigenvalue weighted by Gasteiger charge is -2.06. The van der Waals surface area contributed by atoms with Crippen LogP contribution in [0, 0.1) is 0 Å². The average molecular weight is 347 g/mol. The van der Waals surface area contributed by atoms with Gasteiger partial charge in [0.05, 0.1) is 30.6 Å². The third-order valence-electron chi connectivity index (χ3n) is 2.68. The molecular weight excluding hydrogens is 335 g/mol. The minimum absolute atomic E-state index is 0.0854. The highest BCUT2D eigenvalue weighted by atomic mass is 35.5. The van der Waals surface area contributed by atoms with Gasteiger partial charge < -0.3 is 0 Å². The van der Waals surface area contributed by atoms with Crippen LogP contribution in [-0.2, 0) is 10.8 Å². The summed E-state index contributed by atoms with van der Waals surface area (Å²) in [7, 11) is -1.28. The number of Topliss-reactive ketones (excluding diaryl/α,β-unsaturated/α-hetero) is 1. The molecule has 0 N–H and O–H groups in total. The zero-order valence-electron chi connectivity index (χ0n) is 10.5. The monoisotopic (exact) mass is 346 g/mol. The maximum absolute atomic E-state index is 12.2. The lowest BCUT2D eigenvalue weighted by atomic mass is 10.2. The molecule has 0 aliphatic rings. The SMILES string of the molecule is O=C(CCCS(=O)c1c(Cl)cccc1Cl)c1cccs1. The van der Waals surface area contributed by atoms with Crippen molar-refractivity contribution in [2.24, 2.45) is 0 Å². The molecule has 0 saturated carbocycles. The lowest BCUT2D eigenvalue weighted by Crippen LogP contribution is -2.03. The van der Waals surface area contributed by atoms with Crippen LogP contribution >= 0.6 is 34.5 Å². The Hall–Kier alpha value is -0.680. The van der Waals surface area contributed by atoms with Crippen molar-refractivity contribution in [3.05, 3.63) is 50.6 Å². The van der Waals surface area contributed by atoms with Crippen molar-refractivity contribution in [2.45, 2.75) is 17.7 Å². The van der Waals surface area contributed by atoms with E-state index in [9.17, 15) is 9.00 Å². The molecule has 1 unspecified atom stereocenters. The first kappa shape index (κ1) is 15.7. The first-order valence-corrected chi connectivity index (χ1v) is 8.94. The van der Waals surface area contributed by atoms with E-state index in [0.29, 0.717) is 33.5 Å². The fraction of sp³-hybridized carbons (Fsp3) is 0.214. The van der Waals surface area contributed by atoms with Gasteiger partial charge in [0.25, 0.3) is 0 Å². The van der Waals surface area contributed by atoms with Crippen molar-refractivity contribution in [3.8, 4) is 0 Å². The van der Waals surface area contributed by atoms with Crippen molar-refractivity contribution in [2.75, 3.05) is 5.75 Å². The fourth-order valence-corrected chi connectivity index (χ4v) is 4.52. The summed E-state index contributed by atoms with van der Waals surface area (Å²) in [5, 5.41) is 2.68. The molecule has 1 heterocycles. The first-order valence-electron chi connectivity index (χ1n) is 5.98. The Morgan fingerprint density at radius 2 is 1.85 bits per heavy atom. The number of carbonyl (C=O) groups excluding carboxylic acids is 1. The largest absolute Gasteiger partial charge is 0.293 e. The molecule has 0 bridgehead atoms. The van der Waals surface area contributed by atoms with E-state index in [2.05, 4.69) is 0 Å². The molecule has 0 aliphatic heterocycles. The summed E-state index contributed by atoms with van der Waals surface area (Å²) in [4.78, 5) is 13.0. The number of hydrogen-bond donors (Lipinski definition) is 0. The second-order valence-corrected chi connectivity index (χ2v) is 7.37. The van der Waals surface area contributed by atoms with Crippen LogP contribution in [0.5, 0.6) is 0 Å². The van der Waals surface area contributed by atoms with Gasteiger partial charge in [0, 0.05) is 12.2 Å². The lowest BCUT2D eigenvalue weighted by molar-refractivity contribution is 0.0986. The van der Waals surface area contributed by atoms with Crippen LogP contribution in [0.15, 0.2) is 40.6 Å². The topological polar surface area (TPSA) is 34.1 Å². The third kappa shape index (κ3) is 3.92. The van der Waals surface area contributed by atoms with Gasteiger partial charge in [-0.1, -0.05) is 35.3 Å². The van der Waals surface area contributed by atoms with Crippen molar-refractivity contribution >= 4 is 51.1 Å². The van der Waals surface area contributed by atoms with E-state index >= 15 is 0 Å². The molecule has 0 spiro atoms. The molecule has 2 aromatic rings. The van der Waals surface area contributed by atoms with Crippen molar-refractivity contribution in [1.29, 1.82) is 0 Å². The van der Waals surface area contributed by atoms with Crippen LogP contribution in [0.4, 0.5) is 0 Å². The van der Waals surface area contributed by atoms with E-state index < -0.39 is 10.8 Å². The maximum atomic E-state index is 12.2. The van der Waals surface area contributed by atoms with Crippen LogP contribution < -0.4 is 0 Å². The number of ketones is 1. The predicted molar refractivity (Wildman–Crippen MR) is 85.6 cm³/mol. The molecule has 20 heavy (non-hydrogen) atoms. The van der Waals surface area contributed by atoms with Crippen LogP contribution in [0.3, 0.4) is 0 Å². The smallest absolute Gasteiger partial charge is 0.172 e. The Labute approximate surface area is 134 Å². The van der Waals surface area contributed by atoms with E-state index in [4.69, 9.17) is 23.2 Å². The van der Waals surface area contributed by atoms with Gasteiger partial charge in [-0.3, -0.25) is 9.00 Å². The van der Waals surface area contributed by atoms with Gasteiger partial charge in [0.2, 0.25) is 0 Å². The molecule has 2 nitrogen and oxygen atoms in total. The predicted octanol–water partition coefficient (Wildman–Crippen LogP) is 4.83. The summed E-state index contributed by atoms with van der Waals surface area (Å²) >= 11 is 13.4.